The molecule has 0 fully saturated rings. The van der Waals surface area contributed by atoms with E-state index < -0.39 is 5.97 Å². The number of amides is 1. The highest BCUT2D eigenvalue weighted by atomic mass is 32.2. The van der Waals surface area contributed by atoms with Gasteiger partial charge in [0, 0.05) is 10.4 Å². The summed E-state index contributed by atoms with van der Waals surface area (Å²) >= 11 is 2.51. The number of anilines is 1. The number of aromatic carboxylic acids is 1. The Morgan fingerprint density at radius 1 is 1.30 bits per heavy atom. The Morgan fingerprint density at radius 2 is 2.10 bits per heavy atom. The van der Waals surface area contributed by atoms with E-state index in [0.29, 0.717) is 16.1 Å². The Kier molecular flexibility index (Phi) is 6.19. The van der Waals surface area contributed by atoms with Crippen LogP contribution in [0.2, 0.25) is 0 Å². The van der Waals surface area contributed by atoms with Crippen LogP contribution in [-0.4, -0.2) is 32.9 Å². The fourth-order valence-corrected chi connectivity index (χ4v) is 5.62. The van der Waals surface area contributed by atoms with Crippen LogP contribution in [0, 0.1) is 0 Å². The van der Waals surface area contributed by atoms with Gasteiger partial charge in [-0.05, 0) is 49.3 Å². The summed E-state index contributed by atoms with van der Waals surface area (Å²) in [7, 11) is 0. The van der Waals surface area contributed by atoms with E-state index in [1.807, 2.05) is 30.3 Å². The molecule has 2 aromatic heterocycles. The summed E-state index contributed by atoms with van der Waals surface area (Å²) in [5.74, 6) is -0.599. The summed E-state index contributed by atoms with van der Waals surface area (Å²) < 4.78 is 5.60. The maximum Gasteiger partial charge on any atom is 0.339 e. The first-order valence-corrected chi connectivity index (χ1v) is 11.6. The van der Waals surface area contributed by atoms with Gasteiger partial charge in [0.05, 0.1) is 11.3 Å². The highest BCUT2D eigenvalue weighted by Gasteiger charge is 2.31. The number of fused-ring (bicyclic) bond motifs is 1. The Hall–Kier alpha value is -2.65. The largest absolute Gasteiger partial charge is 0.478 e. The number of benzene rings is 1. The van der Waals surface area contributed by atoms with Gasteiger partial charge < -0.3 is 14.8 Å². The number of thiophene rings is 1. The third-order valence-electron chi connectivity index (χ3n) is 5.10. The molecule has 2 heterocycles. The second-order valence-electron chi connectivity index (χ2n) is 7.02. The van der Waals surface area contributed by atoms with Crippen molar-refractivity contribution in [3.63, 3.8) is 0 Å². The van der Waals surface area contributed by atoms with Crippen LogP contribution >= 0.6 is 23.1 Å². The number of nitrogens with zero attached hydrogens (tertiary/aromatic N) is 2. The van der Waals surface area contributed by atoms with E-state index in [0.717, 1.165) is 53.4 Å². The van der Waals surface area contributed by atoms with E-state index in [1.165, 1.54) is 11.3 Å². The van der Waals surface area contributed by atoms with Crippen LogP contribution < -0.4 is 5.32 Å². The fraction of sp³-hybridized carbons (Fsp3) is 0.333. The van der Waals surface area contributed by atoms with E-state index in [4.69, 9.17) is 4.42 Å². The molecular weight excluding hydrogens is 422 g/mol. The lowest BCUT2D eigenvalue weighted by molar-refractivity contribution is -0.113. The lowest BCUT2D eigenvalue weighted by Gasteiger charge is -2.21. The number of carbonyl (C=O) groups is 2. The van der Waals surface area contributed by atoms with Gasteiger partial charge in [0.1, 0.15) is 5.00 Å². The number of carbonyl (C=O) groups excluding carboxylic acids is 1. The summed E-state index contributed by atoms with van der Waals surface area (Å²) in [6.07, 6.45) is 3.81. The van der Waals surface area contributed by atoms with Gasteiger partial charge in [-0.25, -0.2) is 4.79 Å². The monoisotopic (exact) mass is 443 g/mol. The Bertz CT molecular complexity index is 1060. The minimum Gasteiger partial charge on any atom is -0.478 e. The predicted octanol–water partition coefficient (Wildman–Crippen LogP) is 5.06. The molecule has 4 rings (SSSR count). The molecule has 156 valence electrons. The van der Waals surface area contributed by atoms with Crippen molar-refractivity contribution in [2.24, 2.45) is 0 Å². The maximum absolute atomic E-state index is 12.5. The molecular formula is C21H21N3O4S2. The van der Waals surface area contributed by atoms with E-state index in [-0.39, 0.29) is 23.1 Å². The van der Waals surface area contributed by atoms with Crippen LogP contribution in [0.25, 0.3) is 11.5 Å². The number of hydrogen-bond donors (Lipinski definition) is 2. The van der Waals surface area contributed by atoms with Crippen molar-refractivity contribution >= 4 is 40.0 Å². The number of aryl methyl sites for hydroxylation is 1. The van der Waals surface area contributed by atoms with Gasteiger partial charge in [-0.3, -0.25) is 4.79 Å². The number of nitrogens with one attached hydrogen (secondary N) is 1. The standard InChI is InChI=1S/C21H21N3O4S2/c1-2-12-9-6-10-14-16(12)17(20(26)27)19(30-14)22-15(25)11-29-21-24-23-18(28-21)13-7-4-3-5-8-13/h3-5,7-8,12H,2,6,9-11H2,1H3,(H,22,25)(H,26,27). The number of rotatable bonds is 7. The molecule has 1 aromatic carbocycles. The normalized spacial score (nSPS) is 15.6. The molecule has 1 atom stereocenters. The van der Waals surface area contributed by atoms with Crippen LogP contribution in [0.4, 0.5) is 5.00 Å². The third kappa shape index (κ3) is 4.27. The molecule has 0 spiro atoms. The molecule has 0 aliphatic heterocycles. The molecule has 1 unspecified atom stereocenters. The number of thioether (sulfide) groups is 1. The topological polar surface area (TPSA) is 105 Å². The summed E-state index contributed by atoms with van der Waals surface area (Å²) in [4.78, 5) is 25.5. The molecule has 0 saturated heterocycles. The lowest BCUT2D eigenvalue weighted by Crippen LogP contribution is -2.16. The number of carboxylic acid groups (broad SMARTS) is 1. The molecule has 1 amide bonds. The smallest absolute Gasteiger partial charge is 0.339 e. The zero-order chi connectivity index (χ0) is 21.1. The second-order valence-corrected chi connectivity index (χ2v) is 9.05. The molecule has 1 aliphatic rings. The van der Waals surface area contributed by atoms with Crippen LogP contribution in [0.5, 0.6) is 0 Å². The van der Waals surface area contributed by atoms with Crippen molar-refractivity contribution in [1.29, 1.82) is 0 Å². The van der Waals surface area contributed by atoms with Crippen LogP contribution in [0.3, 0.4) is 0 Å². The highest BCUT2D eigenvalue weighted by Crippen LogP contribution is 2.44. The van der Waals surface area contributed by atoms with Crippen molar-refractivity contribution in [1.82, 2.24) is 10.2 Å². The van der Waals surface area contributed by atoms with Gasteiger partial charge in [0.2, 0.25) is 11.8 Å². The average molecular weight is 444 g/mol. The molecule has 2 N–H and O–H groups in total. The van der Waals surface area contributed by atoms with Crippen molar-refractivity contribution in [2.75, 3.05) is 11.1 Å². The average Bonchev–Trinajstić information content (AvgIpc) is 3.37. The number of aromatic nitrogens is 2. The van der Waals surface area contributed by atoms with E-state index >= 15 is 0 Å². The van der Waals surface area contributed by atoms with Crippen molar-refractivity contribution in [3.05, 3.63) is 46.3 Å². The fourth-order valence-electron chi connectivity index (χ4n) is 3.73. The first-order valence-electron chi connectivity index (χ1n) is 9.77. The summed E-state index contributed by atoms with van der Waals surface area (Å²) in [5.41, 5.74) is 1.97. The first kappa shape index (κ1) is 20.6. The third-order valence-corrected chi connectivity index (χ3v) is 7.10. The Morgan fingerprint density at radius 3 is 2.83 bits per heavy atom. The molecule has 30 heavy (non-hydrogen) atoms. The van der Waals surface area contributed by atoms with Crippen LogP contribution in [-0.2, 0) is 11.2 Å². The SMILES string of the molecule is CCC1CCCc2sc(NC(=O)CSc3nnc(-c4ccccc4)o3)c(C(=O)O)c21. The minimum absolute atomic E-state index is 0.0508. The van der Waals surface area contributed by atoms with E-state index in [9.17, 15) is 14.7 Å². The first-order chi connectivity index (χ1) is 14.6. The molecule has 0 radical (unpaired) electrons. The number of carboxylic acids is 1. The highest BCUT2D eigenvalue weighted by molar-refractivity contribution is 7.99. The van der Waals surface area contributed by atoms with Gasteiger partial charge in [-0.15, -0.1) is 21.5 Å². The molecule has 0 saturated carbocycles. The van der Waals surface area contributed by atoms with Gasteiger partial charge in [0.15, 0.2) is 0 Å². The van der Waals surface area contributed by atoms with Crippen molar-refractivity contribution in [2.45, 2.75) is 43.7 Å². The van der Waals surface area contributed by atoms with Gasteiger partial charge in [-0.2, -0.15) is 0 Å². The quantitative estimate of drug-likeness (QED) is 0.492. The molecule has 1 aliphatic carbocycles. The zero-order valence-corrected chi connectivity index (χ0v) is 18.0. The maximum atomic E-state index is 12.5. The Labute approximate surface area is 181 Å². The van der Waals surface area contributed by atoms with Crippen molar-refractivity contribution in [3.8, 4) is 11.5 Å². The minimum atomic E-state index is -0.986. The molecule has 3 aromatic rings. The second kappa shape index (κ2) is 9.01. The molecule has 7 nitrogen and oxygen atoms in total. The number of hydrogen-bond acceptors (Lipinski definition) is 7. The van der Waals surface area contributed by atoms with E-state index in [1.54, 1.807) is 0 Å². The van der Waals surface area contributed by atoms with Gasteiger partial charge in [0.25, 0.3) is 5.22 Å². The van der Waals surface area contributed by atoms with Gasteiger partial charge >= 0.3 is 5.97 Å². The van der Waals surface area contributed by atoms with E-state index in [2.05, 4.69) is 22.4 Å². The summed E-state index contributed by atoms with van der Waals surface area (Å²) in [6, 6.07) is 9.39. The lowest BCUT2D eigenvalue weighted by atomic mass is 9.83. The summed E-state index contributed by atoms with van der Waals surface area (Å²) in [6.45, 7) is 2.08. The van der Waals surface area contributed by atoms with Crippen LogP contribution in [0.1, 0.15) is 52.9 Å². The molecule has 0 bridgehead atoms. The van der Waals surface area contributed by atoms with Gasteiger partial charge in [-0.1, -0.05) is 36.9 Å². The zero-order valence-electron chi connectivity index (χ0n) is 16.4. The summed E-state index contributed by atoms with van der Waals surface area (Å²) in [5, 5.41) is 21.2. The predicted molar refractivity (Wildman–Crippen MR) is 116 cm³/mol. The van der Waals surface area contributed by atoms with Crippen molar-refractivity contribution < 1.29 is 19.1 Å². The van der Waals surface area contributed by atoms with Crippen LogP contribution in [0.15, 0.2) is 40.0 Å². The molecule has 9 heteroatoms. The Balaban J connectivity index is 1.44.